The van der Waals surface area contributed by atoms with Gasteiger partial charge in [-0.1, -0.05) is 13.8 Å². The zero-order valence-corrected chi connectivity index (χ0v) is 10.1. The van der Waals surface area contributed by atoms with E-state index in [-0.39, 0.29) is 5.82 Å². The molecular formula is C13H16FN3. The molecule has 0 aliphatic carbocycles. The quantitative estimate of drug-likeness (QED) is 0.886. The molecule has 1 aromatic heterocycles. The SMILES string of the molecule is CC(C)CCc1nc(N)c2cc(F)ccc2n1. The van der Waals surface area contributed by atoms with Crippen molar-refractivity contribution in [1.82, 2.24) is 9.97 Å². The predicted molar refractivity (Wildman–Crippen MR) is 67.1 cm³/mol. The number of halogens is 1. The number of benzene rings is 1. The molecule has 0 aliphatic rings. The van der Waals surface area contributed by atoms with Gasteiger partial charge < -0.3 is 5.73 Å². The minimum Gasteiger partial charge on any atom is -0.383 e. The standard InChI is InChI=1S/C13H16FN3/c1-8(2)3-6-12-16-11-5-4-9(14)7-10(11)13(15)17-12/h4-5,7-8H,3,6H2,1-2H3,(H2,15,16,17). The van der Waals surface area contributed by atoms with Crippen LogP contribution >= 0.6 is 0 Å². The van der Waals surface area contributed by atoms with Crippen LogP contribution in [0.3, 0.4) is 0 Å². The van der Waals surface area contributed by atoms with Crippen LogP contribution in [0.5, 0.6) is 0 Å². The van der Waals surface area contributed by atoms with Gasteiger partial charge in [0.15, 0.2) is 0 Å². The van der Waals surface area contributed by atoms with Crippen LogP contribution in [0.15, 0.2) is 18.2 Å². The number of nitrogen functional groups attached to an aromatic ring is 1. The molecule has 0 radical (unpaired) electrons. The van der Waals surface area contributed by atoms with Crippen LogP contribution in [-0.2, 0) is 6.42 Å². The Morgan fingerprint density at radius 3 is 2.76 bits per heavy atom. The molecule has 1 heterocycles. The monoisotopic (exact) mass is 233 g/mol. The van der Waals surface area contributed by atoms with E-state index in [9.17, 15) is 4.39 Å². The fourth-order valence-corrected chi connectivity index (χ4v) is 1.70. The highest BCUT2D eigenvalue weighted by Crippen LogP contribution is 2.19. The number of aromatic nitrogens is 2. The number of hydrogen-bond acceptors (Lipinski definition) is 3. The van der Waals surface area contributed by atoms with Crippen LogP contribution in [0.2, 0.25) is 0 Å². The summed E-state index contributed by atoms with van der Waals surface area (Å²) in [5.41, 5.74) is 6.52. The molecule has 2 rings (SSSR count). The zero-order chi connectivity index (χ0) is 12.4. The number of nitrogens with zero attached hydrogens (tertiary/aromatic N) is 2. The van der Waals surface area contributed by atoms with E-state index in [1.165, 1.54) is 12.1 Å². The van der Waals surface area contributed by atoms with E-state index in [0.29, 0.717) is 22.6 Å². The first-order chi connectivity index (χ1) is 8.06. The van der Waals surface area contributed by atoms with E-state index in [1.807, 2.05) is 0 Å². The molecule has 0 amide bonds. The first-order valence-corrected chi connectivity index (χ1v) is 5.78. The van der Waals surface area contributed by atoms with Crippen LogP contribution in [0.25, 0.3) is 10.9 Å². The van der Waals surface area contributed by atoms with Crippen molar-refractivity contribution in [3.63, 3.8) is 0 Å². The highest BCUT2D eigenvalue weighted by molar-refractivity contribution is 5.87. The van der Waals surface area contributed by atoms with Crippen molar-refractivity contribution in [3.05, 3.63) is 29.8 Å². The Morgan fingerprint density at radius 2 is 2.06 bits per heavy atom. The number of fused-ring (bicyclic) bond motifs is 1. The summed E-state index contributed by atoms with van der Waals surface area (Å²) < 4.78 is 13.1. The second-order valence-electron chi connectivity index (χ2n) is 4.62. The van der Waals surface area contributed by atoms with Crippen molar-refractivity contribution in [1.29, 1.82) is 0 Å². The molecule has 0 unspecified atom stereocenters. The Kier molecular flexibility index (Phi) is 3.22. The van der Waals surface area contributed by atoms with Crippen LogP contribution in [0.4, 0.5) is 10.2 Å². The Balaban J connectivity index is 2.38. The van der Waals surface area contributed by atoms with E-state index in [4.69, 9.17) is 5.73 Å². The highest BCUT2D eigenvalue weighted by atomic mass is 19.1. The lowest BCUT2D eigenvalue weighted by Crippen LogP contribution is -2.03. The first kappa shape index (κ1) is 11.8. The largest absolute Gasteiger partial charge is 0.383 e. The number of nitrogens with two attached hydrogens (primary N) is 1. The molecule has 3 nitrogen and oxygen atoms in total. The van der Waals surface area contributed by atoms with Gasteiger partial charge in [-0.05, 0) is 30.5 Å². The van der Waals surface area contributed by atoms with Crippen LogP contribution in [0.1, 0.15) is 26.1 Å². The van der Waals surface area contributed by atoms with Gasteiger partial charge >= 0.3 is 0 Å². The van der Waals surface area contributed by atoms with E-state index in [2.05, 4.69) is 23.8 Å². The molecule has 0 saturated heterocycles. The molecule has 90 valence electrons. The summed E-state index contributed by atoms with van der Waals surface area (Å²) >= 11 is 0. The summed E-state index contributed by atoms with van der Waals surface area (Å²) in [5, 5.41) is 0.582. The van der Waals surface area contributed by atoms with E-state index >= 15 is 0 Å². The average molecular weight is 233 g/mol. The molecule has 17 heavy (non-hydrogen) atoms. The van der Waals surface area contributed by atoms with Gasteiger partial charge in [-0.3, -0.25) is 0 Å². The Labute approximate surface area is 99.9 Å². The topological polar surface area (TPSA) is 51.8 Å². The molecule has 2 N–H and O–H groups in total. The fourth-order valence-electron chi connectivity index (χ4n) is 1.70. The summed E-state index contributed by atoms with van der Waals surface area (Å²) in [4.78, 5) is 8.61. The van der Waals surface area contributed by atoms with Gasteiger partial charge in [-0.25, -0.2) is 14.4 Å². The molecule has 0 atom stereocenters. The zero-order valence-electron chi connectivity index (χ0n) is 10.1. The molecule has 4 heteroatoms. The lowest BCUT2D eigenvalue weighted by atomic mass is 10.1. The number of aryl methyl sites for hydroxylation is 1. The van der Waals surface area contributed by atoms with E-state index in [0.717, 1.165) is 18.7 Å². The highest BCUT2D eigenvalue weighted by Gasteiger charge is 2.07. The smallest absolute Gasteiger partial charge is 0.135 e. The lowest BCUT2D eigenvalue weighted by molar-refractivity contribution is 0.576. The predicted octanol–water partition coefficient (Wildman–Crippen LogP) is 2.94. The molecule has 0 aliphatic heterocycles. The lowest BCUT2D eigenvalue weighted by Gasteiger charge is -2.06. The second-order valence-corrected chi connectivity index (χ2v) is 4.62. The number of rotatable bonds is 3. The average Bonchev–Trinajstić information content (AvgIpc) is 2.27. The summed E-state index contributed by atoms with van der Waals surface area (Å²) in [6.07, 6.45) is 1.82. The Morgan fingerprint density at radius 1 is 1.29 bits per heavy atom. The molecule has 1 aromatic carbocycles. The van der Waals surface area contributed by atoms with E-state index in [1.54, 1.807) is 6.07 Å². The van der Waals surface area contributed by atoms with Gasteiger partial charge in [0.25, 0.3) is 0 Å². The van der Waals surface area contributed by atoms with Crippen LogP contribution in [-0.4, -0.2) is 9.97 Å². The van der Waals surface area contributed by atoms with Gasteiger partial charge in [0, 0.05) is 11.8 Å². The van der Waals surface area contributed by atoms with Crippen molar-refractivity contribution in [3.8, 4) is 0 Å². The maximum atomic E-state index is 13.1. The molecule has 0 bridgehead atoms. The summed E-state index contributed by atoms with van der Waals surface area (Å²) in [6, 6.07) is 4.40. The van der Waals surface area contributed by atoms with Crippen molar-refractivity contribution in [2.45, 2.75) is 26.7 Å². The third-order valence-electron chi connectivity index (χ3n) is 2.68. The maximum Gasteiger partial charge on any atom is 0.135 e. The van der Waals surface area contributed by atoms with Crippen molar-refractivity contribution in [2.24, 2.45) is 5.92 Å². The van der Waals surface area contributed by atoms with Gasteiger partial charge in [-0.15, -0.1) is 0 Å². The number of anilines is 1. The third kappa shape index (κ3) is 2.70. The summed E-state index contributed by atoms with van der Waals surface area (Å²) in [7, 11) is 0. The third-order valence-corrected chi connectivity index (χ3v) is 2.68. The van der Waals surface area contributed by atoms with Crippen LogP contribution < -0.4 is 5.73 Å². The summed E-state index contributed by atoms with van der Waals surface area (Å²) in [5.74, 6) is 1.37. The molecule has 2 aromatic rings. The molecule has 0 fully saturated rings. The van der Waals surface area contributed by atoms with Gasteiger partial charge in [0.05, 0.1) is 5.52 Å². The Bertz CT molecular complexity index is 537. The summed E-state index contributed by atoms with van der Waals surface area (Å²) in [6.45, 7) is 4.31. The Hall–Kier alpha value is -1.71. The van der Waals surface area contributed by atoms with Crippen molar-refractivity contribution in [2.75, 3.05) is 5.73 Å². The fraction of sp³-hybridized carbons (Fsp3) is 0.385. The first-order valence-electron chi connectivity index (χ1n) is 5.78. The number of hydrogen-bond donors (Lipinski definition) is 1. The van der Waals surface area contributed by atoms with Gasteiger partial charge in [-0.2, -0.15) is 0 Å². The van der Waals surface area contributed by atoms with Gasteiger partial charge in [0.2, 0.25) is 0 Å². The van der Waals surface area contributed by atoms with Crippen molar-refractivity contribution >= 4 is 16.7 Å². The van der Waals surface area contributed by atoms with Crippen LogP contribution in [0, 0.1) is 11.7 Å². The second kappa shape index (κ2) is 4.65. The minimum atomic E-state index is -0.317. The molecular weight excluding hydrogens is 217 g/mol. The minimum absolute atomic E-state index is 0.317. The normalized spacial score (nSPS) is 11.3. The maximum absolute atomic E-state index is 13.1. The molecule has 0 spiro atoms. The van der Waals surface area contributed by atoms with E-state index < -0.39 is 0 Å². The molecule has 0 saturated carbocycles. The van der Waals surface area contributed by atoms with Gasteiger partial charge in [0.1, 0.15) is 17.5 Å². The van der Waals surface area contributed by atoms with Crippen molar-refractivity contribution < 1.29 is 4.39 Å².